The number of rotatable bonds is 39. The van der Waals surface area contributed by atoms with Crippen LogP contribution in [0.2, 0.25) is 0 Å². The van der Waals surface area contributed by atoms with Gasteiger partial charge < -0.3 is 108 Å². The number of hydrogen-bond donors (Lipinski definition) is 20. The molecule has 6 aromatic rings. The normalized spacial score (nSPS) is 14.3. The first-order valence-electron chi connectivity index (χ1n) is 33.0. The summed E-state index contributed by atoms with van der Waals surface area (Å²) in [5.41, 5.74) is 43.8. The molecule has 0 radical (unpaired) electrons. The van der Waals surface area contributed by atoms with Crippen LogP contribution in [0.5, 0.6) is 0 Å². The van der Waals surface area contributed by atoms with Crippen molar-refractivity contribution in [3.63, 3.8) is 0 Å². The van der Waals surface area contributed by atoms with Gasteiger partial charge in [0.2, 0.25) is 53.2 Å². The summed E-state index contributed by atoms with van der Waals surface area (Å²) in [6, 6.07) is 8.76. The van der Waals surface area contributed by atoms with Gasteiger partial charge in [-0.1, -0.05) is 82.3 Å². The van der Waals surface area contributed by atoms with E-state index in [1.165, 1.54) is 13.8 Å². The first-order valence-corrected chi connectivity index (χ1v) is 33.0. The number of nitrogens with one attached hydrogen (secondary N) is 12. The highest BCUT2D eigenvalue weighted by Crippen LogP contribution is 2.23. The monoisotopic (exact) mass is 1380 g/mol. The summed E-state index contributed by atoms with van der Waals surface area (Å²) < 4.78 is 0. The fourth-order valence-corrected chi connectivity index (χ4v) is 11.1. The van der Waals surface area contributed by atoms with Crippen LogP contribution in [0.4, 0.5) is 0 Å². The largest absolute Gasteiger partial charge is 0.480 e. The molecule has 0 spiro atoms. The van der Waals surface area contributed by atoms with E-state index in [1.807, 2.05) is 42.5 Å². The molecule has 540 valence electrons. The van der Waals surface area contributed by atoms with Crippen molar-refractivity contribution in [1.29, 1.82) is 0 Å². The van der Waals surface area contributed by atoms with Gasteiger partial charge in [-0.15, -0.1) is 0 Å². The Kier molecular flexibility index (Phi) is 29.1. The molecule has 0 saturated carbocycles. The number of nitrogens with two attached hydrogens (primary N) is 7. The van der Waals surface area contributed by atoms with Gasteiger partial charge in [0.05, 0.1) is 6.04 Å². The number of carboxylic acid groups (broad SMARTS) is 1. The van der Waals surface area contributed by atoms with E-state index in [2.05, 4.69) is 77.8 Å². The lowest BCUT2D eigenvalue weighted by atomic mass is 9.98. The molecule has 3 aromatic heterocycles. The number of fused-ring (bicyclic) bond motifs is 3. The first kappa shape index (κ1) is 77.8. The molecule has 3 aromatic carbocycles. The predicted molar refractivity (Wildman–Crippen MR) is 380 cm³/mol. The van der Waals surface area contributed by atoms with Crippen molar-refractivity contribution in [2.45, 2.75) is 160 Å². The first-order chi connectivity index (χ1) is 47.5. The summed E-state index contributed by atoms with van der Waals surface area (Å²) in [5.74, 6) is -10.3. The lowest BCUT2D eigenvalue weighted by molar-refractivity contribution is -0.142. The zero-order chi connectivity index (χ0) is 73.3. The smallest absolute Gasteiger partial charge is 0.326 e. The minimum Gasteiger partial charge on any atom is -0.480 e. The SMILES string of the molecule is CC(C)[C@H](NC(=O)[C@@H](NC(=O)[C@@H](N)Cc1c[nH]c2ccccc12)C(C)C)C(=O)N[C@@H](Cc1c[nH]c2ccccc12)C(=O)N[C@@H](C)C(=O)N[C@@H](C)C(=O)N[C@@H](Cc1c[nH]c2ccccc12)C(=O)N[C@@H](CCCN=C(N)N)C(=O)N[C@@H](CCCN=C(N)N)C(=O)N[C@@H](CCCN=C(N)N)C(=O)O. The Balaban J connectivity index is 1.18. The van der Waals surface area contributed by atoms with Gasteiger partial charge in [-0.05, 0) is 106 Å². The standard InChI is InChI=1S/C67H96N22O11/c1-34(2)53(89-63(98)54(35(3)4)88-57(92)44(68)28-38-31-78-45-19-10-7-16-41(38)45)62(97)87-51(29-39-32-79-46-20-11-8-17-42(39)46)60(95)82-36(5)55(90)81-37(6)56(91)86-52(30-40-33-80-47-21-12-9-18-43(40)47)61(96)84-48(22-13-25-75-65(69)70)58(93)83-49(23-14-26-76-66(71)72)59(94)85-50(64(99)100)24-15-27-77-67(73)74/h7-12,16-21,31-37,44,48-54,78-80H,13-15,22-30,68H2,1-6H3,(H,81,90)(H,82,95)(H,83,93)(H,84,96)(H,85,94)(H,86,91)(H,87,97)(H,88,92)(H,89,98)(H,99,100)(H4,69,70,75)(H4,71,72,76)(H4,73,74,77)/t36-,37-,44-,48-,49-,50-,51-,52-,53-,54-/m0/s1. The van der Waals surface area contributed by atoms with Crippen molar-refractivity contribution in [1.82, 2.24) is 62.8 Å². The van der Waals surface area contributed by atoms with Gasteiger partial charge in [0.25, 0.3) is 0 Å². The molecule has 6 rings (SSSR count). The number of amides is 9. The van der Waals surface area contributed by atoms with Gasteiger partial charge in [-0.25, -0.2) is 4.79 Å². The second-order valence-corrected chi connectivity index (χ2v) is 25.2. The topological polar surface area (TPSA) is 566 Å². The summed E-state index contributed by atoms with van der Waals surface area (Å²) in [6.45, 7) is 9.65. The van der Waals surface area contributed by atoms with Crippen LogP contribution in [0.25, 0.3) is 32.7 Å². The molecule has 9 amide bonds. The Morgan fingerprint density at radius 1 is 0.380 bits per heavy atom. The second-order valence-electron chi connectivity index (χ2n) is 25.2. The molecule has 3 heterocycles. The van der Waals surface area contributed by atoms with Crippen LogP contribution in [-0.4, -0.2) is 177 Å². The molecule has 100 heavy (non-hydrogen) atoms. The Bertz CT molecular complexity index is 3920. The number of carbonyl (C=O) groups excluding carboxylic acids is 9. The van der Waals surface area contributed by atoms with E-state index in [0.717, 1.165) is 27.4 Å². The number of carbonyl (C=O) groups is 10. The maximum absolute atomic E-state index is 14.8. The van der Waals surface area contributed by atoms with Crippen LogP contribution in [-0.2, 0) is 67.2 Å². The Labute approximate surface area is 577 Å². The second kappa shape index (κ2) is 37.5. The van der Waals surface area contributed by atoms with Crippen LogP contribution < -0.4 is 88.0 Å². The molecule has 33 heteroatoms. The number of aromatic nitrogens is 3. The highest BCUT2D eigenvalue weighted by Gasteiger charge is 2.37. The fourth-order valence-electron chi connectivity index (χ4n) is 11.1. The van der Waals surface area contributed by atoms with Crippen molar-refractivity contribution < 1.29 is 53.1 Å². The van der Waals surface area contributed by atoms with Gasteiger partial charge in [0, 0.05) is 83.8 Å². The van der Waals surface area contributed by atoms with Gasteiger partial charge in [-0.2, -0.15) is 0 Å². The summed E-state index contributed by atoms with van der Waals surface area (Å²) in [6.07, 6.45) is 5.08. The van der Waals surface area contributed by atoms with E-state index in [9.17, 15) is 53.1 Å². The minimum absolute atomic E-state index is 0.00143. The van der Waals surface area contributed by atoms with Crippen molar-refractivity contribution >= 4 is 110 Å². The molecule has 0 bridgehead atoms. The number of nitrogens with zero attached hydrogens (tertiary/aromatic N) is 3. The third-order valence-electron chi connectivity index (χ3n) is 16.6. The van der Waals surface area contributed by atoms with Crippen molar-refractivity contribution in [3.8, 4) is 0 Å². The fraction of sp³-hybridized carbons (Fsp3) is 0.448. The molecule has 0 aliphatic carbocycles. The number of aliphatic carboxylic acids is 1. The average Bonchev–Trinajstić information content (AvgIpc) is 1.65. The number of aromatic amines is 3. The molecule has 0 aliphatic heterocycles. The predicted octanol–water partition coefficient (Wildman–Crippen LogP) is -1.55. The molecule has 27 N–H and O–H groups in total. The number of H-pyrrole nitrogens is 3. The summed E-state index contributed by atoms with van der Waals surface area (Å²) >= 11 is 0. The maximum Gasteiger partial charge on any atom is 0.326 e. The molecular weight excluding hydrogens is 1290 g/mol. The van der Waals surface area contributed by atoms with Crippen LogP contribution in [0.1, 0.15) is 96.8 Å². The van der Waals surface area contributed by atoms with Crippen LogP contribution in [0.15, 0.2) is 106 Å². The van der Waals surface area contributed by atoms with E-state index in [0.29, 0.717) is 22.0 Å². The van der Waals surface area contributed by atoms with Crippen LogP contribution in [0.3, 0.4) is 0 Å². The third kappa shape index (κ3) is 23.2. The Hall–Kier alpha value is -11.2. The molecule has 0 unspecified atom stereocenters. The van der Waals surface area contributed by atoms with Gasteiger partial charge in [0.1, 0.15) is 54.4 Å². The van der Waals surface area contributed by atoms with Crippen molar-refractivity contribution in [3.05, 3.63) is 108 Å². The zero-order valence-corrected chi connectivity index (χ0v) is 57.0. The van der Waals surface area contributed by atoms with E-state index >= 15 is 0 Å². The lowest BCUT2D eigenvalue weighted by Gasteiger charge is -2.29. The van der Waals surface area contributed by atoms with Crippen LogP contribution in [0, 0.1) is 11.8 Å². The number of aliphatic imine (C=N–C) groups is 3. The van der Waals surface area contributed by atoms with Crippen LogP contribution >= 0.6 is 0 Å². The highest BCUT2D eigenvalue weighted by atomic mass is 16.4. The molecule has 0 saturated heterocycles. The van der Waals surface area contributed by atoms with Gasteiger partial charge >= 0.3 is 5.97 Å². The summed E-state index contributed by atoms with van der Waals surface area (Å²) in [5, 5.41) is 36.5. The van der Waals surface area contributed by atoms with E-state index in [4.69, 9.17) is 40.1 Å². The molecular formula is C67H96N22O11. The Morgan fingerprint density at radius 2 is 0.680 bits per heavy atom. The van der Waals surface area contributed by atoms with Gasteiger partial charge in [-0.3, -0.25) is 58.1 Å². The molecule has 0 fully saturated rings. The van der Waals surface area contributed by atoms with Crippen molar-refractivity contribution in [2.75, 3.05) is 19.6 Å². The minimum atomic E-state index is -1.46. The molecule has 10 atom stereocenters. The average molecular weight is 1390 g/mol. The number of carboxylic acids is 1. The van der Waals surface area contributed by atoms with E-state index < -0.39 is 131 Å². The zero-order valence-electron chi connectivity index (χ0n) is 57.0. The number of benzene rings is 3. The molecule has 33 nitrogen and oxygen atoms in total. The summed E-state index contributed by atoms with van der Waals surface area (Å²) in [7, 11) is 0. The quantitative estimate of drug-likeness (QED) is 0.0118. The van der Waals surface area contributed by atoms with Crippen molar-refractivity contribution in [2.24, 2.45) is 66.9 Å². The van der Waals surface area contributed by atoms with E-state index in [-0.39, 0.29) is 95.3 Å². The van der Waals surface area contributed by atoms with E-state index in [1.54, 1.807) is 76.6 Å². The number of para-hydroxylation sites is 3. The highest BCUT2D eigenvalue weighted by molar-refractivity contribution is 6.00. The number of hydrogen-bond acceptors (Lipinski definition) is 14. The molecule has 0 aliphatic rings. The third-order valence-corrected chi connectivity index (χ3v) is 16.6. The summed E-state index contributed by atoms with van der Waals surface area (Å²) in [4.78, 5) is 162. The van der Waals surface area contributed by atoms with Gasteiger partial charge in [0.15, 0.2) is 17.9 Å². The maximum atomic E-state index is 14.8. The number of guanidine groups is 3. The lowest BCUT2D eigenvalue weighted by Crippen LogP contribution is -2.61. The Morgan fingerprint density at radius 3 is 1.07 bits per heavy atom.